The first-order valence-corrected chi connectivity index (χ1v) is 12.8. The molecule has 184 valence electrons. The monoisotopic (exact) mass is 490 g/mol. The Morgan fingerprint density at radius 2 is 2.03 bits per heavy atom. The van der Waals surface area contributed by atoms with Crippen LogP contribution >= 0.6 is 0 Å². The molecular weight excluding hydrogens is 457 g/mol. The number of quaternary nitrogens is 1. The van der Waals surface area contributed by atoms with E-state index in [9.17, 15) is 17.6 Å². The van der Waals surface area contributed by atoms with E-state index in [0.717, 1.165) is 33.3 Å². The highest BCUT2D eigenvalue weighted by Crippen LogP contribution is 2.39. The Kier molecular flexibility index (Phi) is 7.80. The molecule has 1 atom stereocenters. The zero-order valence-electron chi connectivity index (χ0n) is 20.4. The normalized spacial score (nSPS) is 17.2. The molecule has 0 radical (unpaired) electrons. The highest BCUT2D eigenvalue weighted by Gasteiger charge is 2.31. The maximum absolute atomic E-state index is 14.6. The first-order valence-electron chi connectivity index (χ1n) is 11.3. The molecule has 7 nitrogen and oxygen atoms in total. The number of hydrogen-bond donors (Lipinski definition) is 1. The summed E-state index contributed by atoms with van der Waals surface area (Å²) in [4.78, 5) is 12.4. The van der Waals surface area contributed by atoms with E-state index in [1.54, 1.807) is 31.2 Å². The van der Waals surface area contributed by atoms with E-state index >= 15 is 0 Å². The zero-order chi connectivity index (χ0) is 25.2. The van der Waals surface area contributed by atoms with Crippen molar-refractivity contribution in [3.63, 3.8) is 0 Å². The van der Waals surface area contributed by atoms with Gasteiger partial charge in [0.2, 0.25) is 10.0 Å². The van der Waals surface area contributed by atoms with Gasteiger partial charge in [-0.05, 0) is 56.5 Å². The van der Waals surface area contributed by atoms with E-state index in [1.165, 1.54) is 24.5 Å². The van der Waals surface area contributed by atoms with Crippen molar-refractivity contribution in [3.8, 4) is 0 Å². The molecule has 2 aromatic rings. The molecule has 1 aromatic carbocycles. The van der Waals surface area contributed by atoms with E-state index in [-0.39, 0.29) is 25.4 Å². The molecule has 0 amide bonds. The summed E-state index contributed by atoms with van der Waals surface area (Å²) < 4.78 is 48.6. The van der Waals surface area contributed by atoms with Crippen molar-refractivity contribution in [3.05, 3.63) is 64.6 Å². The Balaban J connectivity index is 2.25. The van der Waals surface area contributed by atoms with Gasteiger partial charge in [0.25, 0.3) is 0 Å². The van der Waals surface area contributed by atoms with E-state index in [2.05, 4.69) is 5.73 Å². The summed E-state index contributed by atoms with van der Waals surface area (Å²) in [6.45, 7) is 6.19. The minimum atomic E-state index is -3.52. The molecule has 34 heavy (non-hydrogen) atoms. The van der Waals surface area contributed by atoms with Crippen molar-refractivity contribution in [2.24, 2.45) is 0 Å². The minimum Gasteiger partial charge on any atom is -0.462 e. The van der Waals surface area contributed by atoms with Crippen molar-refractivity contribution >= 4 is 32.5 Å². The fraction of sp³-hybridized carbons (Fsp3) is 0.400. The highest BCUT2D eigenvalue weighted by atomic mass is 32.2. The quantitative estimate of drug-likeness (QED) is 0.575. The van der Waals surface area contributed by atoms with Crippen LogP contribution in [0.5, 0.6) is 0 Å². The summed E-state index contributed by atoms with van der Waals surface area (Å²) in [6.07, 6.45) is 5.25. The van der Waals surface area contributed by atoms with E-state index in [4.69, 9.17) is 4.74 Å². The van der Waals surface area contributed by atoms with Crippen LogP contribution in [0.3, 0.4) is 0 Å². The number of nitrogens with zero attached hydrogens (tertiary/aromatic N) is 2. The number of halogens is 1. The first-order chi connectivity index (χ1) is 16.0. The van der Waals surface area contributed by atoms with Gasteiger partial charge in [-0.2, -0.15) is 0 Å². The van der Waals surface area contributed by atoms with Crippen LogP contribution in [0.15, 0.2) is 47.8 Å². The molecule has 3 N–H and O–H groups in total. The molecule has 0 spiro atoms. The fourth-order valence-electron chi connectivity index (χ4n) is 4.34. The second-order valence-electron chi connectivity index (χ2n) is 8.53. The lowest BCUT2D eigenvalue weighted by molar-refractivity contribution is -0.353. The molecule has 0 saturated heterocycles. The van der Waals surface area contributed by atoms with Crippen LogP contribution in [-0.2, 0) is 21.3 Å². The molecule has 0 fully saturated rings. The van der Waals surface area contributed by atoms with Crippen molar-refractivity contribution in [2.45, 2.75) is 39.0 Å². The second kappa shape index (κ2) is 10.2. The highest BCUT2D eigenvalue weighted by molar-refractivity contribution is 7.89. The van der Waals surface area contributed by atoms with Gasteiger partial charge in [-0.15, -0.1) is 0 Å². The summed E-state index contributed by atoms with van der Waals surface area (Å²) in [7, 11) is -0.479. The molecule has 9 heteroatoms. The zero-order valence-corrected chi connectivity index (χ0v) is 21.2. The van der Waals surface area contributed by atoms with Crippen LogP contribution in [0, 0.1) is 6.92 Å². The Labute approximate surface area is 200 Å². The van der Waals surface area contributed by atoms with Gasteiger partial charge in [0.1, 0.15) is 5.83 Å². The smallest absolute Gasteiger partial charge is 0.338 e. The van der Waals surface area contributed by atoms with Gasteiger partial charge in [0, 0.05) is 42.3 Å². The number of hydrogen-bond acceptors (Lipinski definition) is 4. The second-order valence-corrected chi connectivity index (χ2v) is 10.9. The number of sulfonamides is 1. The van der Waals surface area contributed by atoms with Crippen LogP contribution in [0.25, 0.3) is 16.5 Å². The van der Waals surface area contributed by atoms with Crippen LogP contribution < -0.4 is 5.73 Å². The van der Waals surface area contributed by atoms with E-state index in [0.29, 0.717) is 12.1 Å². The molecule has 0 saturated carbocycles. The van der Waals surface area contributed by atoms with Gasteiger partial charge in [0.05, 0.1) is 30.5 Å². The standard InChI is InChI=1S/C25H32FN3O4S/c1-6-33-25(30)18-8-10-23-22(13-18)24(17(3)29(23)15-19(26)11-12-27)21-14-20(9-7-16(21)2)34(31,32)28(4)5/h7-11,13,20H,6,12,14-15,27H2,1-5H3/p+1. The number of esters is 1. The van der Waals surface area contributed by atoms with Crippen molar-refractivity contribution < 1.29 is 28.1 Å². The molecule has 1 aromatic heterocycles. The van der Waals surface area contributed by atoms with Crippen molar-refractivity contribution in [1.29, 1.82) is 0 Å². The third-order valence-electron chi connectivity index (χ3n) is 6.15. The summed E-state index contributed by atoms with van der Waals surface area (Å²) in [5.74, 6) is -0.746. The molecule has 1 heterocycles. The summed E-state index contributed by atoms with van der Waals surface area (Å²) in [5.41, 5.74) is 8.25. The predicted octanol–water partition coefficient (Wildman–Crippen LogP) is 3.22. The number of benzene rings is 1. The average molecular weight is 491 g/mol. The Morgan fingerprint density at radius 1 is 1.32 bits per heavy atom. The number of rotatable bonds is 8. The SMILES string of the molecule is CCOC(=O)c1ccc2c(c1)c(C1=C(C)C=CC(S(=O)(=O)N(C)C)C1)c(C)n2CC(F)=CC[NH3+]. The summed E-state index contributed by atoms with van der Waals surface area (Å²) >= 11 is 0. The Hall–Kier alpha value is -2.75. The van der Waals surface area contributed by atoms with Gasteiger partial charge < -0.3 is 15.0 Å². The summed E-state index contributed by atoms with van der Waals surface area (Å²) in [5, 5.41) is 0.0474. The van der Waals surface area contributed by atoms with Gasteiger partial charge in [-0.3, -0.25) is 0 Å². The fourth-order valence-corrected chi connectivity index (χ4v) is 5.53. The van der Waals surface area contributed by atoms with E-state index < -0.39 is 21.2 Å². The van der Waals surface area contributed by atoms with Crippen molar-refractivity contribution in [2.75, 3.05) is 27.2 Å². The lowest BCUT2D eigenvalue weighted by Crippen LogP contribution is -2.49. The van der Waals surface area contributed by atoms with E-state index in [1.807, 2.05) is 24.5 Å². The molecule has 1 aliphatic carbocycles. The maximum atomic E-state index is 14.6. The van der Waals surface area contributed by atoms with Crippen molar-refractivity contribution in [1.82, 2.24) is 8.87 Å². The third kappa shape index (κ3) is 4.87. The maximum Gasteiger partial charge on any atom is 0.338 e. The molecule has 1 aliphatic rings. The topological polar surface area (TPSA) is 96.3 Å². The van der Waals surface area contributed by atoms with Gasteiger partial charge >= 0.3 is 5.97 Å². The van der Waals surface area contributed by atoms with Gasteiger partial charge in [-0.25, -0.2) is 21.9 Å². The molecular formula is C25H33FN3O4S+. The minimum absolute atomic E-state index is 0.0260. The van der Waals surface area contributed by atoms with Gasteiger partial charge in [0.15, 0.2) is 0 Å². The third-order valence-corrected chi connectivity index (χ3v) is 8.25. The number of allylic oxidation sites excluding steroid dienone is 4. The lowest BCUT2D eigenvalue weighted by Gasteiger charge is -2.24. The van der Waals surface area contributed by atoms with Gasteiger partial charge in [-0.1, -0.05) is 12.2 Å². The predicted molar refractivity (Wildman–Crippen MR) is 132 cm³/mol. The summed E-state index contributed by atoms with van der Waals surface area (Å²) in [6, 6.07) is 5.21. The number of aromatic nitrogens is 1. The number of carbonyl (C=O) groups excluding carboxylic acids is 1. The number of fused-ring (bicyclic) bond motifs is 1. The largest absolute Gasteiger partial charge is 0.462 e. The molecule has 0 bridgehead atoms. The molecule has 0 aliphatic heterocycles. The number of ether oxygens (including phenoxy) is 1. The van der Waals surface area contributed by atoms with Crippen LogP contribution in [-0.4, -0.2) is 55.8 Å². The Bertz CT molecular complexity index is 1300. The van der Waals surface area contributed by atoms with Crippen LogP contribution in [0.1, 0.15) is 41.9 Å². The first kappa shape index (κ1) is 25.9. The van der Waals surface area contributed by atoms with Crippen LogP contribution in [0.2, 0.25) is 0 Å². The average Bonchev–Trinajstić information content (AvgIpc) is 3.04. The number of carbonyl (C=O) groups is 1. The lowest BCUT2D eigenvalue weighted by atomic mass is 9.90. The molecule has 3 rings (SSSR count). The Morgan fingerprint density at radius 3 is 2.65 bits per heavy atom. The van der Waals surface area contributed by atoms with Crippen LogP contribution in [0.4, 0.5) is 4.39 Å². The molecule has 1 unspecified atom stereocenters.